The van der Waals surface area contributed by atoms with Crippen molar-refractivity contribution >= 4 is 15.9 Å². The highest BCUT2D eigenvalue weighted by Gasteiger charge is 2.15. The molecule has 0 atom stereocenters. The van der Waals surface area contributed by atoms with Crippen molar-refractivity contribution in [2.45, 2.75) is 27.1 Å². The SMILES string of the molecule is Cc1cc(-c2cc(C)c(OCc3ccccc3)cc2Br)c(F)cc1OCc1ccccc1. The summed E-state index contributed by atoms with van der Waals surface area (Å²) in [6.45, 7) is 4.78. The maximum Gasteiger partial charge on any atom is 0.134 e. The Labute approximate surface area is 196 Å². The van der Waals surface area contributed by atoms with Gasteiger partial charge in [0.2, 0.25) is 0 Å². The van der Waals surface area contributed by atoms with Crippen LogP contribution in [0.2, 0.25) is 0 Å². The molecule has 2 nitrogen and oxygen atoms in total. The molecule has 162 valence electrons. The van der Waals surface area contributed by atoms with Gasteiger partial charge in [0.25, 0.3) is 0 Å². The van der Waals surface area contributed by atoms with Crippen molar-refractivity contribution in [2.24, 2.45) is 0 Å². The number of hydrogen-bond donors (Lipinski definition) is 0. The Bertz CT molecular complexity index is 1110. The van der Waals surface area contributed by atoms with Gasteiger partial charge < -0.3 is 9.47 Å². The third kappa shape index (κ3) is 5.20. The van der Waals surface area contributed by atoms with Crippen LogP contribution in [0, 0.1) is 19.7 Å². The molecule has 4 aromatic carbocycles. The van der Waals surface area contributed by atoms with E-state index in [4.69, 9.17) is 9.47 Å². The molecule has 0 bridgehead atoms. The summed E-state index contributed by atoms with van der Waals surface area (Å²) < 4.78 is 27.7. The molecule has 0 saturated carbocycles. The van der Waals surface area contributed by atoms with Crippen LogP contribution in [0.4, 0.5) is 4.39 Å². The van der Waals surface area contributed by atoms with E-state index >= 15 is 4.39 Å². The van der Waals surface area contributed by atoms with Crippen LogP contribution in [-0.2, 0) is 13.2 Å². The lowest BCUT2D eigenvalue weighted by Crippen LogP contribution is -2.00. The van der Waals surface area contributed by atoms with Crippen LogP contribution in [-0.4, -0.2) is 0 Å². The molecule has 0 heterocycles. The summed E-state index contributed by atoms with van der Waals surface area (Å²) >= 11 is 3.60. The molecule has 0 aromatic heterocycles. The lowest BCUT2D eigenvalue weighted by molar-refractivity contribution is 0.302. The molecule has 0 unspecified atom stereocenters. The predicted octanol–water partition coefficient (Wildman–Crippen LogP) is 8.03. The number of rotatable bonds is 7. The minimum atomic E-state index is -0.322. The van der Waals surface area contributed by atoms with Gasteiger partial charge in [0, 0.05) is 16.1 Å². The molecule has 0 spiro atoms. The third-order valence-corrected chi connectivity index (χ3v) is 5.95. The fourth-order valence-electron chi connectivity index (χ4n) is 3.52. The van der Waals surface area contributed by atoms with E-state index in [1.807, 2.05) is 92.7 Å². The Hall–Kier alpha value is -3.11. The first-order valence-corrected chi connectivity index (χ1v) is 11.2. The van der Waals surface area contributed by atoms with Gasteiger partial charge in [-0.2, -0.15) is 0 Å². The zero-order chi connectivity index (χ0) is 22.5. The highest BCUT2D eigenvalue weighted by Crippen LogP contribution is 2.38. The normalized spacial score (nSPS) is 10.8. The van der Waals surface area contributed by atoms with Gasteiger partial charge in [0.1, 0.15) is 30.5 Å². The van der Waals surface area contributed by atoms with Gasteiger partial charge in [-0.1, -0.05) is 76.6 Å². The maximum atomic E-state index is 15.1. The standard InChI is InChI=1S/C28H24BrFO2/c1-19-13-23(25(29)15-27(19)31-17-21-9-5-3-6-10-21)24-14-20(2)28(16-26(24)30)32-18-22-11-7-4-8-12-22/h3-16H,17-18H2,1-2H3. The second kappa shape index (κ2) is 10.0. The molecule has 4 rings (SSSR count). The lowest BCUT2D eigenvalue weighted by atomic mass is 10.00. The monoisotopic (exact) mass is 490 g/mol. The topological polar surface area (TPSA) is 18.5 Å². The molecule has 0 N–H and O–H groups in total. The number of aryl methyl sites for hydroxylation is 2. The van der Waals surface area contributed by atoms with Gasteiger partial charge in [-0.15, -0.1) is 0 Å². The van der Waals surface area contributed by atoms with E-state index in [9.17, 15) is 0 Å². The molecule has 0 aliphatic rings. The molecule has 0 aliphatic heterocycles. The molecular formula is C28H24BrFO2. The fraction of sp³-hybridized carbons (Fsp3) is 0.143. The van der Waals surface area contributed by atoms with Crippen molar-refractivity contribution in [3.8, 4) is 22.6 Å². The Balaban J connectivity index is 1.54. The van der Waals surface area contributed by atoms with Gasteiger partial charge >= 0.3 is 0 Å². The molecule has 0 fully saturated rings. The summed E-state index contributed by atoms with van der Waals surface area (Å²) in [5, 5.41) is 0. The van der Waals surface area contributed by atoms with Gasteiger partial charge in [-0.3, -0.25) is 0 Å². The van der Waals surface area contributed by atoms with E-state index in [0.717, 1.165) is 38.0 Å². The van der Waals surface area contributed by atoms with Crippen LogP contribution in [0.25, 0.3) is 11.1 Å². The van der Waals surface area contributed by atoms with E-state index in [2.05, 4.69) is 15.9 Å². The van der Waals surface area contributed by atoms with Gasteiger partial charge in [0.05, 0.1) is 0 Å². The summed E-state index contributed by atoms with van der Waals surface area (Å²) in [4.78, 5) is 0. The Morgan fingerprint density at radius 3 is 1.66 bits per heavy atom. The highest BCUT2D eigenvalue weighted by molar-refractivity contribution is 9.10. The third-order valence-electron chi connectivity index (χ3n) is 5.29. The predicted molar refractivity (Wildman–Crippen MR) is 131 cm³/mol. The first-order valence-electron chi connectivity index (χ1n) is 10.5. The first-order chi connectivity index (χ1) is 15.5. The lowest BCUT2D eigenvalue weighted by Gasteiger charge is -2.16. The summed E-state index contributed by atoms with van der Waals surface area (Å²) in [5.41, 5.74) is 5.27. The van der Waals surface area contributed by atoms with Crippen molar-refractivity contribution in [3.05, 3.63) is 117 Å². The molecule has 0 radical (unpaired) electrons. The highest BCUT2D eigenvalue weighted by atomic mass is 79.9. The largest absolute Gasteiger partial charge is 0.489 e. The maximum absolute atomic E-state index is 15.1. The van der Waals surface area contributed by atoms with E-state index in [1.165, 1.54) is 6.07 Å². The Kier molecular flexibility index (Phi) is 6.91. The average Bonchev–Trinajstić information content (AvgIpc) is 2.81. The minimum Gasteiger partial charge on any atom is -0.489 e. The number of hydrogen-bond acceptors (Lipinski definition) is 2. The van der Waals surface area contributed by atoms with Crippen LogP contribution >= 0.6 is 15.9 Å². The second-order valence-electron chi connectivity index (χ2n) is 7.74. The van der Waals surface area contributed by atoms with Crippen molar-refractivity contribution in [2.75, 3.05) is 0 Å². The molecule has 0 saturated heterocycles. The van der Waals surface area contributed by atoms with E-state index < -0.39 is 0 Å². The minimum absolute atomic E-state index is 0.322. The first kappa shape index (κ1) is 22.1. The molecule has 0 aliphatic carbocycles. The number of benzene rings is 4. The van der Waals surface area contributed by atoms with E-state index in [0.29, 0.717) is 24.5 Å². The summed E-state index contributed by atoms with van der Waals surface area (Å²) in [6.07, 6.45) is 0. The molecular weight excluding hydrogens is 467 g/mol. The Morgan fingerprint density at radius 2 is 1.12 bits per heavy atom. The van der Waals surface area contributed by atoms with E-state index in [-0.39, 0.29) is 5.82 Å². The average molecular weight is 491 g/mol. The van der Waals surface area contributed by atoms with Crippen LogP contribution in [0.1, 0.15) is 22.3 Å². The van der Waals surface area contributed by atoms with Crippen LogP contribution < -0.4 is 9.47 Å². The van der Waals surface area contributed by atoms with Crippen molar-refractivity contribution in [1.82, 2.24) is 0 Å². The summed E-state index contributed by atoms with van der Waals surface area (Å²) in [6, 6.07) is 27.0. The van der Waals surface area contributed by atoms with Gasteiger partial charge in [0.15, 0.2) is 0 Å². The molecule has 0 amide bonds. The number of halogens is 2. The molecule has 4 aromatic rings. The zero-order valence-electron chi connectivity index (χ0n) is 18.1. The van der Waals surface area contributed by atoms with Crippen molar-refractivity contribution in [3.63, 3.8) is 0 Å². The van der Waals surface area contributed by atoms with Gasteiger partial charge in [-0.05, 0) is 59.9 Å². The molecule has 32 heavy (non-hydrogen) atoms. The zero-order valence-corrected chi connectivity index (χ0v) is 19.7. The molecule has 4 heteroatoms. The van der Waals surface area contributed by atoms with Crippen LogP contribution in [0.3, 0.4) is 0 Å². The quantitative estimate of drug-likeness (QED) is 0.261. The smallest absolute Gasteiger partial charge is 0.134 e. The number of ether oxygens (including phenoxy) is 2. The van der Waals surface area contributed by atoms with Crippen molar-refractivity contribution in [1.29, 1.82) is 0 Å². The summed E-state index contributed by atoms with van der Waals surface area (Å²) in [5.74, 6) is 0.993. The van der Waals surface area contributed by atoms with Crippen LogP contribution in [0.5, 0.6) is 11.5 Å². The fourth-order valence-corrected chi connectivity index (χ4v) is 4.06. The summed E-state index contributed by atoms with van der Waals surface area (Å²) in [7, 11) is 0. The second-order valence-corrected chi connectivity index (χ2v) is 8.60. The van der Waals surface area contributed by atoms with Crippen LogP contribution in [0.15, 0.2) is 89.4 Å². The van der Waals surface area contributed by atoms with Crippen molar-refractivity contribution < 1.29 is 13.9 Å². The van der Waals surface area contributed by atoms with Gasteiger partial charge in [-0.25, -0.2) is 4.39 Å². The Morgan fingerprint density at radius 1 is 0.656 bits per heavy atom. The van der Waals surface area contributed by atoms with E-state index in [1.54, 1.807) is 0 Å².